The second-order valence-electron chi connectivity index (χ2n) is 6.83. The van der Waals surface area contributed by atoms with Crippen molar-refractivity contribution < 1.29 is 5.11 Å². The first-order valence-corrected chi connectivity index (χ1v) is 8.71. The van der Waals surface area contributed by atoms with Crippen molar-refractivity contribution in [2.75, 3.05) is 0 Å². The minimum absolute atomic E-state index is 0.533. The van der Waals surface area contributed by atoms with Crippen LogP contribution in [0.4, 0.5) is 0 Å². The summed E-state index contributed by atoms with van der Waals surface area (Å²) < 4.78 is 2.20. The number of aliphatic hydroxyl groups excluding tert-OH is 1. The van der Waals surface area contributed by atoms with E-state index in [0.717, 1.165) is 35.4 Å². The Morgan fingerprint density at radius 3 is 2.42 bits per heavy atom. The second-order valence-corrected chi connectivity index (χ2v) is 6.83. The molecule has 0 aliphatic carbocycles. The van der Waals surface area contributed by atoms with Crippen molar-refractivity contribution in [2.24, 2.45) is 5.92 Å². The number of hydrogen-bond acceptors (Lipinski definition) is 2. The van der Waals surface area contributed by atoms with E-state index in [1.807, 2.05) is 30.3 Å². The normalized spacial score (nSPS) is 14.0. The van der Waals surface area contributed by atoms with Crippen molar-refractivity contribution in [3.05, 3.63) is 65.0 Å². The molecule has 0 saturated heterocycles. The van der Waals surface area contributed by atoms with Gasteiger partial charge in [-0.05, 0) is 48.6 Å². The first-order valence-electron chi connectivity index (χ1n) is 8.71. The van der Waals surface area contributed by atoms with Gasteiger partial charge in [-0.2, -0.15) is 0 Å². The topological polar surface area (TPSA) is 38.0 Å². The average Bonchev–Trinajstić information content (AvgIpc) is 2.93. The van der Waals surface area contributed by atoms with E-state index in [-0.39, 0.29) is 0 Å². The summed E-state index contributed by atoms with van der Waals surface area (Å²) in [4.78, 5) is 4.79. The van der Waals surface area contributed by atoms with Crippen molar-refractivity contribution >= 4 is 11.0 Å². The Kier molecular flexibility index (Phi) is 4.72. The maximum absolute atomic E-state index is 10.9. The zero-order valence-electron chi connectivity index (χ0n) is 15.0. The number of fused-ring (bicyclic) bond motifs is 1. The third-order valence-electron chi connectivity index (χ3n) is 4.94. The number of imidazole rings is 1. The molecule has 3 aromatic rings. The zero-order valence-corrected chi connectivity index (χ0v) is 15.0. The molecule has 1 aromatic heterocycles. The third kappa shape index (κ3) is 3.09. The minimum Gasteiger partial charge on any atom is -0.380 e. The van der Waals surface area contributed by atoms with Crippen molar-refractivity contribution in [3.63, 3.8) is 0 Å². The van der Waals surface area contributed by atoms with Gasteiger partial charge in [0.05, 0.1) is 11.0 Å². The number of benzene rings is 2. The molecule has 0 aliphatic heterocycles. The monoisotopic (exact) mass is 322 g/mol. The van der Waals surface area contributed by atoms with Crippen LogP contribution in [0.15, 0.2) is 42.5 Å². The lowest BCUT2D eigenvalue weighted by atomic mass is 10.1. The molecule has 2 unspecified atom stereocenters. The lowest BCUT2D eigenvalue weighted by Crippen LogP contribution is -2.14. The fraction of sp³-hybridized carbons (Fsp3) is 0.381. The van der Waals surface area contributed by atoms with Gasteiger partial charge in [0.1, 0.15) is 11.9 Å². The number of rotatable bonds is 5. The molecule has 0 spiro atoms. The molecule has 0 aliphatic rings. The number of nitrogens with zero attached hydrogens (tertiary/aromatic N) is 2. The van der Waals surface area contributed by atoms with E-state index in [4.69, 9.17) is 4.98 Å². The summed E-state index contributed by atoms with van der Waals surface area (Å²) in [6.45, 7) is 9.55. The highest BCUT2D eigenvalue weighted by Gasteiger charge is 2.21. The third-order valence-corrected chi connectivity index (χ3v) is 4.94. The van der Waals surface area contributed by atoms with E-state index in [0.29, 0.717) is 5.92 Å². The van der Waals surface area contributed by atoms with Gasteiger partial charge in [-0.1, -0.05) is 50.6 Å². The molecule has 1 heterocycles. The van der Waals surface area contributed by atoms with Crippen molar-refractivity contribution in [2.45, 2.75) is 46.8 Å². The van der Waals surface area contributed by atoms with Crippen LogP contribution >= 0.6 is 0 Å². The van der Waals surface area contributed by atoms with Crippen LogP contribution in [0.3, 0.4) is 0 Å². The van der Waals surface area contributed by atoms with Crippen LogP contribution in [0, 0.1) is 19.8 Å². The van der Waals surface area contributed by atoms with E-state index in [1.165, 1.54) is 11.1 Å². The van der Waals surface area contributed by atoms with Gasteiger partial charge >= 0.3 is 0 Å². The SMILES string of the molecule is CCC(C)Cn1c(C(O)c2ccccc2)nc2cc(C)c(C)cc21. The molecule has 0 saturated carbocycles. The van der Waals surface area contributed by atoms with Crippen molar-refractivity contribution in [3.8, 4) is 0 Å². The molecule has 2 atom stereocenters. The standard InChI is InChI=1S/C21H26N2O/c1-5-14(2)13-23-19-12-16(4)15(3)11-18(19)22-21(23)20(24)17-9-7-6-8-10-17/h6-12,14,20,24H,5,13H2,1-4H3. The summed E-state index contributed by atoms with van der Waals surface area (Å²) >= 11 is 0. The van der Waals surface area contributed by atoms with Crippen LogP contribution in [-0.4, -0.2) is 14.7 Å². The highest BCUT2D eigenvalue weighted by Crippen LogP contribution is 2.28. The first kappa shape index (κ1) is 16.7. The first-order chi connectivity index (χ1) is 11.5. The highest BCUT2D eigenvalue weighted by atomic mass is 16.3. The molecule has 0 amide bonds. The Morgan fingerprint density at radius 2 is 1.75 bits per heavy atom. The fourth-order valence-corrected chi connectivity index (χ4v) is 3.02. The van der Waals surface area contributed by atoms with Crippen LogP contribution in [-0.2, 0) is 6.54 Å². The van der Waals surface area contributed by atoms with E-state index in [2.05, 4.69) is 44.4 Å². The maximum Gasteiger partial charge on any atom is 0.143 e. The Balaban J connectivity index is 2.16. The lowest BCUT2D eigenvalue weighted by molar-refractivity contribution is 0.203. The fourth-order valence-electron chi connectivity index (χ4n) is 3.02. The Morgan fingerprint density at radius 1 is 1.08 bits per heavy atom. The van der Waals surface area contributed by atoms with Gasteiger partial charge < -0.3 is 9.67 Å². The average molecular weight is 322 g/mol. The summed E-state index contributed by atoms with van der Waals surface area (Å²) in [7, 11) is 0. The summed E-state index contributed by atoms with van der Waals surface area (Å²) in [6.07, 6.45) is 0.397. The van der Waals surface area contributed by atoms with Crippen LogP contribution in [0.25, 0.3) is 11.0 Å². The van der Waals surface area contributed by atoms with Crippen LogP contribution < -0.4 is 0 Å². The molecule has 0 radical (unpaired) electrons. The van der Waals surface area contributed by atoms with Gasteiger partial charge in [0, 0.05) is 6.54 Å². The quantitative estimate of drug-likeness (QED) is 0.734. The molecule has 2 aromatic carbocycles. The van der Waals surface area contributed by atoms with Crippen LogP contribution in [0.1, 0.15) is 48.9 Å². The second kappa shape index (κ2) is 6.78. The largest absolute Gasteiger partial charge is 0.380 e. The molecule has 3 heteroatoms. The Bertz CT molecular complexity index is 836. The molecule has 24 heavy (non-hydrogen) atoms. The van der Waals surface area contributed by atoms with Gasteiger partial charge in [-0.3, -0.25) is 0 Å². The number of aryl methyl sites for hydroxylation is 2. The van der Waals surface area contributed by atoms with Crippen molar-refractivity contribution in [1.82, 2.24) is 9.55 Å². The maximum atomic E-state index is 10.9. The molecule has 0 bridgehead atoms. The van der Waals surface area contributed by atoms with Gasteiger partial charge in [0.15, 0.2) is 0 Å². The molecule has 3 nitrogen and oxygen atoms in total. The minimum atomic E-state index is -0.705. The van der Waals surface area contributed by atoms with Gasteiger partial charge in [-0.15, -0.1) is 0 Å². The summed E-state index contributed by atoms with van der Waals surface area (Å²) in [5.41, 5.74) is 5.45. The Hall–Kier alpha value is -2.13. The molecular weight excluding hydrogens is 296 g/mol. The molecule has 1 N–H and O–H groups in total. The van der Waals surface area contributed by atoms with Gasteiger partial charge in [0.25, 0.3) is 0 Å². The van der Waals surface area contributed by atoms with E-state index in [1.54, 1.807) is 0 Å². The molecule has 126 valence electrons. The molecule has 0 fully saturated rings. The predicted octanol–water partition coefficient (Wildman–Crippen LogP) is 4.78. The number of hydrogen-bond donors (Lipinski definition) is 1. The molecule has 3 rings (SSSR count). The molecular formula is C21H26N2O. The highest BCUT2D eigenvalue weighted by molar-refractivity contribution is 5.78. The van der Waals surface area contributed by atoms with E-state index in [9.17, 15) is 5.11 Å². The number of aliphatic hydroxyl groups is 1. The van der Waals surface area contributed by atoms with Crippen LogP contribution in [0.5, 0.6) is 0 Å². The van der Waals surface area contributed by atoms with Crippen LogP contribution in [0.2, 0.25) is 0 Å². The number of aromatic nitrogens is 2. The summed E-state index contributed by atoms with van der Waals surface area (Å²) in [5.74, 6) is 1.27. The smallest absolute Gasteiger partial charge is 0.143 e. The predicted molar refractivity (Wildman–Crippen MR) is 99.2 cm³/mol. The van der Waals surface area contributed by atoms with Gasteiger partial charge in [-0.25, -0.2) is 4.98 Å². The van der Waals surface area contributed by atoms with E-state index < -0.39 is 6.10 Å². The van der Waals surface area contributed by atoms with Crippen molar-refractivity contribution in [1.29, 1.82) is 0 Å². The summed E-state index contributed by atoms with van der Waals surface area (Å²) in [5, 5.41) is 10.9. The summed E-state index contributed by atoms with van der Waals surface area (Å²) in [6, 6.07) is 14.1. The lowest BCUT2D eigenvalue weighted by Gasteiger charge is -2.17. The van der Waals surface area contributed by atoms with E-state index >= 15 is 0 Å². The zero-order chi connectivity index (χ0) is 17.3. The van der Waals surface area contributed by atoms with Gasteiger partial charge in [0.2, 0.25) is 0 Å². The Labute approximate surface area is 144 Å².